The quantitative estimate of drug-likeness (QED) is 0.448. The van der Waals surface area contributed by atoms with Gasteiger partial charge >= 0.3 is 12.2 Å². The SMILES string of the molecule is Cc1cc(Oc2ncc(C(F)(F)F)cc2Cl)nn1C(=O)Nc1cccc([N+](=O)[O-])c1. The predicted molar refractivity (Wildman–Crippen MR) is 98.8 cm³/mol. The molecule has 0 atom stereocenters. The molecule has 9 nitrogen and oxygen atoms in total. The molecule has 0 bridgehead atoms. The van der Waals surface area contributed by atoms with Crippen molar-refractivity contribution in [2.75, 3.05) is 5.32 Å². The van der Waals surface area contributed by atoms with E-state index in [1.165, 1.54) is 37.3 Å². The normalized spacial score (nSPS) is 11.2. The van der Waals surface area contributed by atoms with Crippen LogP contribution < -0.4 is 10.1 Å². The number of carbonyl (C=O) groups excluding carboxylic acids is 1. The average Bonchev–Trinajstić information content (AvgIpc) is 3.03. The van der Waals surface area contributed by atoms with E-state index in [2.05, 4.69) is 15.4 Å². The molecule has 13 heteroatoms. The van der Waals surface area contributed by atoms with Gasteiger partial charge in [0.05, 0.1) is 16.2 Å². The Morgan fingerprint density at radius 2 is 2.03 bits per heavy atom. The number of hydrogen-bond donors (Lipinski definition) is 1. The molecule has 1 aromatic carbocycles. The second-order valence-electron chi connectivity index (χ2n) is 5.88. The summed E-state index contributed by atoms with van der Waals surface area (Å²) in [6.45, 7) is 1.52. The third kappa shape index (κ3) is 4.66. The van der Waals surface area contributed by atoms with Gasteiger partial charge in [0.25, 0.3) is 5.69 Å². The van der Waals surface area contributed by atoms with Crippen LogP contribution in [0.3, 0.4) is 0 Å². The Kier molecular flexibility index (Phi) is 5.60. The lowest BCUT2D eigenvalue weighted by atomic mass is 10.3. The number of hydrogen-bond acceptors (Lipinski definition) is 6. The van der Waals surface area contributed by atoms with Gasteiger partial charge in [-0.25, -0.2) is 9.78 Å². The Morgan fingerprint density at radius 1 is 1.30 bits per heavy atom. The number of carbonyl (C=O) groups is 1. The molecular formula is C17H11ClF3N5O4. The van der Waals surface area contributed by atoms with Crippen molar-refractivity contribution in [2.45, 2.75) is 13.1 Å². The zero-order valence-electron chi connectivity index (χ0n) is 15.0. The molecule has 0 aliphatic carbocycles. The fourth-order valence-corrected chi connectivity index (χ4v) is 2.53. The van der Waals surface area contributed by atoms with Crippen LogP contribution in [0, 0.1) is 17.0 Å². The Balaban J connectivity index is 1.78. The molecule has 0 unspecified atom stereocenters. The standard InChI is InChI=1S/C17H11ClF3N5O4/c1-9-5-14(30-15-13(18)6-10(8-22-15)17(19,20)21)24-25(9)16(27)23-11-3-2-4-12(7-11)26(28)29/h2-8H,1H3,(H,23,27). The number of aromatic nitrogens is 3. The number of anilines is 1. The third-order valence-corrected chi connectivity index (χ3v) is 3.97. The van der Waals surface area contributed by atoms with E-state index in [9.17, 15) is 28.1 Å². The summed E-state index contributed by atoms with van der Waals surface area (Å²) in [6, 6.07) is 6.53. The number of amides is 1. The Hall–Kier alpha value is -3.67. The van der Waals surface area contributed by atoms with E-state index >= 15 is 0 Å². The van der Waals surface area contributed by atoms with Crippen LogP contribution in [-0.2, 0) is 6.18 Å². The smallest absolute Gasteiger partial charge is 0.417 e. The predicted octanol–water partition coefficient (Wildman–Crippen LogP) is 5.04. The van der Waals surface area contributed by atoms with Gasteiger partial charge in [0, 0.05) is 30.1 Å². The average molecular weight is 442 g/mol. The lowest BCUT2D eigenvalue weighted by molar-refractivity contribution is -0.384. The highest BCUT2D eigenvalue weighted by atomic mass is 35.5. The second kappa shape index (κ2) is 7.99. The zero-order chi connectivity index (χ0) is 22.1. The topological polar surface area (TPSA) is 112 Å². The first kappa shape index (κ1) is 21.0. The van der Waals surface area contributed by atoms with Crippen LogP contribution in [0.4, 0.5) is 29.3 Å². The maximum Gasteiger partial charge on any atom is 0.417 e. The molecular weight excluding hydrogens is 431 g/mol. The summed E-state index contributed by atoms with van der Waals surface area (Å²) in [5.74, 6) is -0.468. The maximum absolute atomic E-state index is 12.7. The van der Waals surface area contributed by atoms with E-state index in [4.69, 9.17) is 16.3 Å². The van der Waals surface area contributed by atoms with Gasteiger partial charge in [-0.05, 0) is 19.1 Å². The molecule has 0 spiro atoms. The maximum atomic E-state index is 12.7. The number of benzene rings is 1. The van der Waals surface area contributed by atoms with Crippen molar-refractivity contribution < 1.29 is 27.6 Å². The van der Waals surface area contributed by atoms with Crippen molar-refractivity contribution in [2.24, 2.45) is 0 Å². The van der Waals surface area contributed by atoms with Crippen LogP contribution in [0.5, 0.6) is 11.8 Å². The molecule has 2 aromatic heterocycles. The first-order valence-electron chi connectivity index (χ1n) is 8.07. The number of nitrogens with one attached hydrogen (secondary N) is 1. The summed E-state index contributed by atoms with van der Waals surface area (Å²) < 4.78 is 44.2. The summed E-state index contributed by atoms with van der Waals surface area (Å²) in [4.78, 5) is 26.1. The van der Waals surface area contributed by atoms with Crippen molar-refractivity contribution in [1.29, 1.82) is 0 Å². The van der Waals surface area contributed by atoms with Gasteiger partial charge in [-0.3, -0.25) is 10.1 Å². The molecule has 0 fully saturated rings. The van der Waals surface area contributed by atoms with Gasteiger partial charge < -0.3 is 10.1 Å². The van der Waals surface area contributed by atoms with Crippen LogP contribution in [0.15, 0.2) is 42.6 Å². The van der Waals surface area contributed by atoms with Crippen molar-refractivity contribution in [3.63, 3.8) is 0 Å². The number of nitro groups is 1. The van der Waals surface area contributed by atoms with Crippen LogP contribution in [0.2, 0.25) is 5.02 Å². The molecule has 1 N–H and O–H groups in total. The highest BCUT2D eigenvalue weighted by Gasteiger charge is 2.32. The molecule has 3 aromatic rings. The van der Waals surface area contributed by atoms with Crippen molar-refractivity contribution >= 4 is 29.0 Å². The number of alkyl halides is 3. The van der Waals surface area contributed by atoms with Gasteiger partial charge in [0.2, 0.25) is 11.8 Å². The molecule has 0 aliphatic rings. The molecule has 0 saturated carbocycles. The lowest BCUT2D eigenvalue weighted by Crippen LogP contribution is -2.21. The molecule has 1 amide bonds. The van der Waals surface area contributed by atoms with E-state index in [-0.39, 0.29) is 23.1 Å². The minimum atomic E-state index is -4.61. The van der Waals surface area contributed by atoms with Crippen LogP contribution in [-0.4, -0.2) is 25.7 Å². The van der Waals surface area contributed by atoms with Gasteiger partial charge in [0.15, 0.2) is 0 Å². The summed E-state index contributed by atoms with van der Waals surface area (Å²) in [7, 11) is 0. The number of aryl methyl sites for hydroxylation is 1. The molecule has 3 rings (SSSR count). The van der Waals surface area contributed by atoms with E-state index in [0.717, 1.165) is 4.68 Å². The molecule has 0 radical (unpaired) electrons. The van der Waals surface area contributed by atoms with Gasteiger partial charge in [0.1, 0.15) is 5.02 Å². The van der Waals surface area contributed by atoms with Crippen LogP contribution >= 0.6 is 11.6 Å². The Bertz CT molecular complexity index is 1130. The van der Waals surface area contributed by atoms with Crippen molar-refractivity contribution in [3.8, 4) is 11.8 Å². The van der Waals surface area contributed by atoms with Gasteiger partial charge in [-0.15, -0.1) is 5.10 Å². The number of nitrogens with zero attached hydrogens (tertiary/aromatic N) is 4. The number of rotatable bonds is 4. The number of nitro benzene ring substituents is 1. The molecule has 156 valence electrons. The molecule has 2 heterocycles. The molecule has 30 heavy (non-hydrogen) atoms. The summed E-state index contributed by atoms with van der Waals surface area (Å²) >= 11 is 5.79. The zero-order valence-corrected chi connectivity index (χ0v) is 15.7. The first-order chi connectivity index (χ1) is 14.0. The summed E-state index contributed by atoms with van der Waals surface area (Å²) in [6.07, 6.45) is -4.06. The summed E-state index contributed by atoms with van der Waals surface area (Å²) in [5.41, 5.74) is -0.773. The minimum Gasteiger partial charge on any atom is -0.417 e. The Labute approximate surface area is 171 Å². The third-order valence-electron chi connectivity index (χ3n) is 3.70. The largest absolute Gasteiger partial charge is 0.417 e. The highest BCUT2D eigenvalue weighted by Crippen LogP contribution is 2.34. The van der Waals surface area contributed by atoms with Gasteiger partial charge in [-0.2, -0.15) is 17.9 Å². The van der Waals surface area contributed by atoms with Crippen LogP contribution in [0.25, 0.3) is 0 Å². The van der Waals surface area contributed by atoms with E-state index in [1.807, 2.05) is 0 Å². The fourth-order valence-electron chi connectivity index (χ4n) is 2.33. The number of non-ortho nitro benzene ring substituents is 1. The fraction of sp³-hybridized carbons (Fsp3) is 0.118. The number of pyridine rings is 1. The van der Waals surface area contributed by atoms with Crippen molar-refractivity contribution in [3.05, 3.63) is 69.0 Å². The highest BCUT2D eigenvalue weighted by molar-refractivity contribution is 6.31. The molecule has 0 aliphatic heterocycles. The monoisotopic (exact) mass is 441 g/mol. The number of halogens is 4. The number of ether oxygens (including phenoxy) is 1. The minimum absolute atomic E-state index is 0.143. The lowest BCUT2D eigenvalue weighted by Gasteiger charge is -2.08. The first-order valence-corrected chi connectivity index (χ1v) is 8.45. The van der Waals surface area contributed by atoms with E-state index in [1.54, 1.807) is 0 Å². The van der Waals surface area contributed by atoms with E-state index in [0.29, 0.717) is 18.0 Å². The van der Waals surface area contributed by atoms with Gasteiger partial charge in [-0.1, -0.05) is 17.7 Å². The van der Waals surface area contributed by atoms with Crippen LogP contribution in [0.1, 0.15) is 11.3 Å². The second-order valence-corrected chi connectivity index (χ2v) is 6.29. The molecule has 0 saturated heterocycles. The van der Waals surface area contributed by atoms with E-state index < -0.39 is 27.7 Å². The summed E-state index contributed by atoms with van der Waals surface area (Å²) in [5, 5.41) is 16.8. The Morgan fingerprint density at radius 3 is 2.67 bits per heavy atom. The van der Waals surface area contributed by atoms with Crippen molar-refractivity contribution in [1.82, 2.24) is 14.8 Å².